The number of hydrogen-bond acceptors (Lipinski definition) is 8. The third-order valence-electron chi connectivity index (χ3n) is 4.20. The number of esters is 1. The van der Waals surface area contributed by atoms with Crippen LogP contribution in [-0.2, 0) is 19.4 Å². The Morgan fingerprint density at radius 2 is 1.77 bits per heavy atom. The standard InChI is InChI=1S/C22H19N3O4S/c1-15-23-20(29-25-15)13-27-17-8-10-18(11-9-17)28-22(26)19-14-30-21(24-19)12-7-16-5-3-2-4-6-16/h2-6,8-11,14H,7,12-13H2,1H3. The molecule has 0 aliphatic rings. The zero-order valence-electron chi connectivity index (χ0n) is 16.3. The molecule has 0 aliphatic carbocycles. The van der Waals surface area contributed by atoms with Gasteiger partial charge in [-0.15, -0.1) is 11.3 Å². The minimum atomic E-state index is -0.479. The van der Waals surface area contributed by atoms with Gasteiger partial charge >= 0.3 is 5.97 Å². The van der Waals surface area contributed by atoms with Gasteiger partial charge in [0.05, 0.1) is 5.01 Å². The van der Waals surface area contributed by atoms with Gasteiger partial charge in [-0.1, -0.05) is 35.5 Å². The molecule has 0 atom stereocenters. The molecule has 30 heavy (non-hydrogen) atoms. The van der Waals surface area contributed by atoms with Gasteiger partial charge in [-0.25, -0.2) is 9.78 Å². The molecule has 0 N–H and O–H groups in total. The first-order chi connectivity index (χ1) is 14.7. The Balaban J connectivity index is 1.28. The first-order valence-corrected chi connectivity index (χ1v) is 10.3. The highest BCUT2D eigenvalue weighted by atomic mass is 32.1. The number of carbonyl (C=O) groups excluding carboxylic acids is 1. The molecule has 152 valence electrons. The number of thiazole rings is 1. The highest BCUT2D eigenvalue weighted by Crippen LogP contribution is 2.20. The molecule has 0 aliphatic heterocycles. The van der Waals surface area contributed by atoms with E-state index in [-0.39, 0.29) is 6.61 Å². The van der Waals surface area contributed by atoms with E-state index in [1.165, 1.54) is 16.9 Å². The molecule has 0 spiro atoms. The van der Waals surface area contributed by atoms with Gasteiger partial charge < -0.3 is 14.0 Å². The van der Waals surface area contributed by atoms with E-state index in [1.54, 1.807) is 36.6 Å². The van der Waals surface area contributed by atoms with Crippen LogP contribution in [0, 0.1) is 6.92 Å². The van der Waals surface area contributed by atoms with Crippen molar-refractivity contribution in [3.8, 4) is 11.5 Å². The molecule has 0 unspecified atom stereocenters. The van der Waals surface area contributed by atoms with Gasteiger partial charge in [-0.05, 0) is 43.2 Å². The number of ether oxygens (including phenoxy) is 2. The summed E-state index contributed by atoms with van der Waals surface area (Å²) in [5, 5.41) is 6.34. The van der Waals surface area contributed by atoms with Gasteiger partial charge in [-0.2, -0.15) is 4.98 Å². The fraction of sp³-hybridized carbons (Fsp3) is 0.182. The first kappa shape index (κ1) is 19.8. The maximum absolute atomic E-state index is 12.4. The van der Waals surface area contributed by atoms with E-state index in [2.05, 4.69) is 27.3 Å². The molecule has 4 rings (SSSR count). The Labute approximate surface area is 177 Å². The number of benzene rings is 2. The van der Waals surface area contributed by atoms with Crippen molar-refractivity contribution in [2.75, 3.05) is 0 Å². The zero-order valence-corrected chi connectivity index (χ0v) is 17.1. The van der Waals surface area contributed by atoms with Gasteiger partial charge in [0.1, 0.15) is 11.5 Å². The summed E-state index contributed by atoms with van der Waals surface area (Å²) >= 11 is 1.46. The van der Waals surface area contributed by atoms with Crippen molar-refractivity contribution >= 4 is 17.3 Å². The van der Waals surface area contributed by atoms with Crippen LogP contribution in [0.1, 0.15) is 32.8 Å². The average Bonchev–Trinajstić information content (AvgIpc) is 3.41. The predicted molar refractivity (Wildman–Crippen MR) is 111 cm³/mol. The van der Waals surface area contributed by atoms with E-state index in [0.717, 1.165) is 17.8 Å². The minimum absolute atomic E-state index is 0.171. The Bertz CT molecular complexity index is 1110. The maximum Gasteiger partial charge on any atom is 0.363 e. The quantitative estimate of drug-likeness (QED) is 0.307. The van der Waals surface area contributed by atoms with Gasteiger partial charge in [0, 0.05) is 11.8 Å². The fourth-order valence-electron chi connectivity index (χ4n) is 2.72. The molecule has 0 radical (unpaired) electrons. The topological polar surface area (TPSA) is 87.3 Å². The van der Waals surface area contributed by atoms with Crippen LogP contribution in [0.3, 0.4) is 0 Å². The average molecular weight is 421 g/mol. The molecule has 0 amide bonds. The van der Waals surface area contributed by atoms with Crippen molar-refractivity contribution in [1.82, 2.24) is 15.1 Å². The number of nitrogens with zero attached hydrogens (tertiary/aromatic N) is 3. The molecule has 2 heterocycles. The lowest BCUT2D eigenvalue weighted by molar-refractivity contribution is 0.0729. The zero-order chi connectivity index (χ0) is 20.8. The van der Waals surface area contributed by atoms with Crippen LogP contribution < -0.4 is 9.47 Å². The van der Waals surface area contributed by atoms with Crippen LogP contribution in [0.5, 0.6) is 11.5 Å². The minimum Gasteiger partial charge on any atom is -0.484 e. The van der Waals surface area contributed by atoms with E-state index in [1.807, 2.05) is 18.2 Å². The van der Waals surface area contributed by atoms with E-state index in [9.17, 15) is 4.79 Å². The maximum atomic E-state index is 12.4. The molecular formula is C22H19N3O4S. The number of aryl methyl sites for hydroxylation is 3. The smallest absolute Gasteiger partial charge is 0.363 e. The largest absolute Gasteiger partial charge is 0.484 e. The van der Waals surface area contributed by atoms with Gasteiger partial charge in [0.25, 0.3) is 5.89 Å². The number of carbonyl (C=O) groups is 1. The normalized spacial score (nSPS) is 10.7. The second-order valence-corrected chi connectivity index (χ2v) is 7.44. The highest BCUT2D eigenvalue weighted by Gasteiger charge is 2.14. The first-order valence-electron chi connectivity index (χ1n) is 9.38. The summed E-state index contributed by atoms with van der Waals surface area (Å²) in [6.45, 7) is 1.91. The van der Waals surface area contributed by atoms with Crippen molar-refractivity contribution in [1.29, 1.82) is 0 Å². The van der Waals surface area contributed by atoms with Gasteiger partial charge in [-0.3, -0.25) is 0 Å². The van der Waals surface area contributed by atoms with E-state index in [4.69, 9.17) is 14.0 Å². The SMILES string of the molecule is Cc1noc(COc2ccc(OC(=O)c3csc(CCc4ccccc4)n3)cc2)n1. The molecular weight excluding hydrogens is 402 g/mol. The number of rotatable bonds is 8. The van der Waals surface area contributed by atoms with Crippen molar-refractivity contribution < 1.29 is 18.8 Å². The molecule has 2 aromatic heterocycles. The summed E-state index contributed by atoms with van der Waals surface area (Å²) in [6.07, 6.45) is 1.67. The van der Waals surface area contributed by atoms with Crippen LogP contribution in [0.25, 0.3) is 0 Å². The van der Waals surface area contributed by atoms with Crippen molar-refractivity contribution in [3.05, 3.63) is 88.0 Å². The molecule has 0 bridgehead atoms. The van der Waals surface area contributed by atoms with Crippen LogP contribution in [0.2, 0.25) is 0 Å². The van der Waals surface area contributed by atoms with E-state index in [0.29, 0.717) is 28.9 Å². The fourth-order valence-corrected chi connectivity index (χ4v) is 3.49. The second-order valence-electron chi connectivity index (χ2n) is 6.50. The molecule has 0 saturated heterocycles. The molecule has 8 heteroatoms. The summed E-state index contributed by atoms with van der Waals surface area (Å²) in [7, 11) is 0. The van der Waals surface area contributed by atoms with Gasteiger partial charge in [0.2, 0.25) is 0 Å². The Hall–Kier alpha value is -3.52. The van der Waals surface area contributed by atoms with Crippen molar-refractivity contribution in [2.45, 2.75) is 26.4 Å². The van der Waals surface area contributed by atoms with Crippen LogP contribution >= 0.6 is 11.3 Å². The Morgan fingerprint density at radius 3 is 2.50 bits per heavy atom. The summed E-state index contributed by atoms with van der Waals surface area (Å²) < 4.78 is 16.0. The Kier molecular flexibility index (Phi) is 6.14. The highest BCUT2D eigenvalue weighted by molar-refractivity contribution is 7.09. The second kappa shape index (κ2) is 9.32. The summed E-state index contributed by atoms with van der Waals surface area (Å²) in [4.78, 5) is 20.8. The van der Waals surface area contributed by atoms with Gasteiger partial charge in [0.15, 0.2) is 18.1 Å². The van der Waals surface area contributed by atoms with Crippen LogP contribution in [-0.4, -0.2) is 21.1 Å². The van der Waals surface area contributed by atoms with Crippen LogP contribution in [0.4, 0.5) is 0 Å². The van der Waals surface area contributed by atoms with Crippen molar-refractivity contribution in [3.63, 3.8) is 0 Å². The lowest BCUT2D eigenvalue weighted by Crippen LogP contribution is -2.09. The molecule has 0 fully saturated rings. The third-order valence-corrected chi connectivity index (χ3v) is 5.11. The molecule has 7 nitrogen and oxygen atoms in total. The summed E-state index contributed by atoms with van der Waals surface area (Å²) in [5.41, 5.74) is 1.56. The summed E-state index contributed by atoms with van der Waals surface area (Å²) in [5.74, 6) is 1.49. The summed E-state index contributed by atoms with van der Waals surface area (Å²) in [6, 6.07) is 16.9. The number of hydrogen-bond donors (Lipinski definition) is 0. The lowest BCUT2D eigenvalue weighted by atomic mass is 10.1. The number of aromatic nitrogens is 3. The van der Waals surface area contributed by atoms with Crippen molar-refractivity contribution in [2.24, 2.45) is 0 Å². The van der Waals surface area contributed by atoms with E-state index >= 15 is 0 Å². The van der Waals surface area contributed by atoms with E-state index < -0.39 is 5.97 Å². The third kappa shape index (κ3) is 5.30. The molecule has 2 aromatic carbocycles. The lowest BCUT2D eigenvalue weighted by Gasteiger charge is -2.05. The van der Waals surface area contributed by atoms with Crippen LogP contribution in [0.15, 0.2) is 64.5 Å². The Morgan fingerprint density at radius 1 is 1.00 bits per heavy atom. The predicted octanol–water partition coefficient (Wildman–Crippen LogP) is 4.42. The molecule has 0 saturated carbocycles. The molecule has 4 aromatic rings. The monoisotopic (exact) mass is 421 g/mol.